The highest BCUT2D eigenvalue weighted by atomic mass is 16.5. The minimum atomic E-state index is -0.445. The molecule has 1 aromatic rings. The summed E-state index contributed by atoms with van der Waals surface area (Å²) >= 11 is 0. The minimum absolute atomic E-state index is 0.280. The third-order valence-electron chi connectivity index (χ3n) is 1.40. The van der Waals surface area contributed by atoms with Crippen LogP contribution in [0, 0.1) is 11.8 Å². The van der Waals surface area contributed by atoms with E-state index in [2.05, 4.69) is 21.6 Å². The van der Waals surface area contributed by atoms with Crippen molar-refractivity contribution in [2.45, 2.75) is 20.8 Å². The molecule has 0 aliphatic rings. The summed E-state index contributed by atoms with van der Waals surface area (Å²) in [5.74, 6) is 5.02. The highest BCUT2D eigenvalue weighted by Gasteiger charge is 2.05. The van der Waals surface area contributed by atoms with E-state index in [0.717, 1.165) is 0 Å². The van der Waals surface area contributed by atoms with Gasteiger partial charge in [-0.25, -0.2) is 9.78 Å². The maximum Gasteiger partial charge on any atom is 0.356 e. The second kappa shape index (κ2) is 7.57. The van der Waals surface area contributed by atoms with E-state index in [1.54, 1.807) is 25.1 Å². The number of hydrogen-bond acceptors (Lipinski definition) is 3. The van der Waals surface area contributed by atoms with Crippen LogP contribution in [0.4, 0.5) is 0 Å². The first-order chi connectivity index (χ1) is 7.27. The van der Waals surface area contributed by atoms with Crippen LogP contribution in [0.3, 0.4) is 0 Å². The number of rotatable bonds is 1. The molecule has 0 radical (unpaired) electrons. The molecule has 0 aliphatic heterocycles. The Morgan fingerprint density at radius 3 is 2.60 bits per heavy atom. The van der Waals surface area contributed by atoms with Crippen LogP contribution in [0.2, 0.25) is 0 Å². The molecule has 0 aromatic carbocycles. The molecule has 0 fully saturated rings. The van der Waals surface area contributed by atoms with E-state index < -0.39 is 5.97 Å². The molecule has 15 heavy (non-hydrogen) atoms. The monoisotopic (exact) mass is 205 g/mol. The summed E-state index contributed by atoms with van der Waals surface area (Å²) in [7, 11) is 1.32. The highest BCUT2D eigenvalue weighted by Crippen LogP contribution is 1.99. The molecule has 3 heteroatoms. The largest absolute Gasteiger partial charge is 0.464 e. The first kappa shape index (κ1) is 13.2. The average Bonchev–Trinajstić information content (AvgIpc) is 2.31. The number of aromatic nitrogens is 1. The van der Waals surface area contributed by atoms with Gasteiger partial charge in [0.2, 0.25) is 0 Å². The lowest BCUT2D eigenvalue weighted by Gasteiger charge is -1.97. The van der Waals surface area contributed by atoms with Gasteiger partial charge < -0.3 is 4.74 Å². The van der Waals surface area contributed by atoms with Gasteiger partial charge in [-0.1, -0.05) is 25.8 Å². The second-order valence-corrected chi connectivity index (χ2v) is 2.27. The Bertz CT molecular complexity index is 375. The second-order valence-electron chi connectivity index (χ2n) is 2.27. The molecular formula is C12H15NO2. The van der Waals surface area contributed by atoms with Crippen molar-refractivity contribution in [3.8, 4) is 11.8 Å². The fraction of sp³-hybridized carbons (Fsp3) is 0.333. The molecule has 0 saturated heterocycles. The van der Waals surface area contributed by atoms with E-state index in [-0.39, 0.29) is 5.69 Å². The summed E-state index contributed by atoms with van der Waals surface area (Å²) in [6, 6.07) is 5.05. The van der Waals surface area contributed by atoms with Crippen molar-refractivity contribution >= 4 is 5.97 Å². The molecule has 1 heterocycles. The zero-order valence-electron chi connectivity index (χ0n) is 9.50. The first-order valence-electron chi connectivity index (χ1n) is 4.76. The molecular weight excluding hydrogens is 190 g/mol. The lowest BCUT2D eigenvalue weighted by molar-refractivity contribution is 0.0594. The SMILES string of the molecule is CC.CC#Cc1cccc(C(=O)OC)n1. The molecule has 0 amide bonds. The molecule has 0 aliphatic carbocycles. The maximum atomic E-state index is 11.0. The van der Waals surface area contributed by atoms with Gasteiger partial charge in [0.25, 0.3) is 0 Å². The lowest BCUT2D eigenvalue weighted by Crippen LogP contribution is -2.04. The molecule has 1 aromatic heterocycles. The van der Waals surface area contributed by atoms with Gasteiger partial charge in [-0.2, -0.15) is 0 Å². The van der Waals surface area contributed by atoms with Gasteiger partial charge in [-0.05, 0) is 25.0 Å². The van der Waals surface area contributed by atoms with E-state index in [9.17, 15) is 4.79 Å². The zero-order valence-corrected chi connectivity index (χ0v) is 9.50. The Kier molecular flexibility index (Phi) is 6.65. The molecule has 80 valence electrons. The number of hydrogen-bond donors (Lipinski definition) is 0. The zero-order chi connectivity index (χ0) is 11.7. The number of esters is 1. The van der Waals surface area contributed by atoms with Crippen molar-refractivity contribution in [1.29, 1.82) is 0 Å². The normalized spacial score (nSPS) is 7.73. The van der Waals surface area contributed by atoms with Crippen LogP contribution in [0.25, 0.3) is 0 Å². The standard InChI is InChI=1S/C10H9NO2.C2H6/c1-3-5-8-6-4-7-9(11-8)10(12)13-2;1-2/h4,6-7H,1-2H3;1-2H3. The van der Waals surface area contributed by atoms with Crippen LogP contribution in [-0.4, -0.2) is 18.1 Å². The lowest BCUT2D eigenvalue weighted by atomic mass is 10.3. The van der Waals surface area contributed by atoms with Gasteiger partial charge in [0.05, 0.1) is 7.11 Å². The van der Waals surface area contributed by atoms with Gasteiger partial charge >= 0.3 is 5.97 Å². The van der Waals surface area contributed by atoms with Crippen LogP contribution in [0.15, 0.2) is 18.2 Å². The smallest absolute Gasteiger partial charge is 0.356 e. The number of nitrogens with zero attached hydrogens (tertiary/aromatic N) is 1. The Morgan fingerprint density at radius 2 is 2.07 bits per heavy atom. The van der Waals surface area contributed by atoms with Crippen LogP contribution in [0.1, 0.15) is 37.0 Å². The molecule has 0 bridgehead atoms. The van der Waals surface area contributed by atoms with Gasteiger partial charge in [0.15, 0.2) is 0 Å². The molecule has 0 unspecified atom stereocenters. The van der Waals surface area contributed by atoms with E-state index in [0.29, 0.717) is 5.69 Å². The van der Waals surface area contributed by atoms with Crippen molar-refractivity contribution in [1.82, 2.24) is 4.98 Å². The van der Waals surface area contributed by atoms with Gasteiger partial charge in [0.1, 0.15) is 11.4 Å². The van der Waals surface area contributed by atoms with Crippen molar-refractivity contribution in [2.75, 3.05) is 7.11 Å². The first-order valence-corrected chi connectivity index (χ1v) is 4.76. The van der Waals surface area contributed by atoms with Crippen molar-refractivity contribution < 1.29 is 9.53 Å². The van der Waals surface area contributed by atoms with Gasteiger partial charge in [-0.15, -0.1) is 0 Å². The summed E-state index contributed by atoms with van der Waals surface area (Å²) in [6.07, 6.45) is 0. The van der Waals surface area contributed by atoms with E-state index in [1.807, 2.05) is 13.8 Å². The molecule has 0 saturated carbocycles. The van der Waals surface area contributed by atoms with E-state index in [1.165, 1.54) is 7.11 Å². The molecule has 0 atom stereocenters. The summed E-state index contributed by atoms with van der Waals surface area (Å²) in [5.41, 5.74) is 0.855. The topological polar surface area (TPSA) is 39.2 Å². The van der Waals surface area contributed by atoms with Crippen LogP contribution in [-0.2, 0) is 4.74 Å². The number of methoxy groups -OCH3 is 1. The predicted octanol–water partition coefficient (Wildman–Crippen LogP) is 2.27. The Hall–Kier alpha value is -1.82. The van der Waals surface area contributed by atoms with Crippen LogP contribution >= 0.6 is 0 Å². The average molecular weight is 205 g/mol. The van der Waals surface area contributed by atoms with Crippen molar-refractivity contribution in [3.05, 3.63) is 29.6 Å². The Morgan fingerprint density at radius 1 is 1.40 bits per heavy atom. The number of pyridine rings is 1. The number of ether oxygens (including phenoxy) is 1. The molecule has 0 spiro atoms. The van der Waals surface area contributed by atoms with Crippen molar-refractivity contribution in [3.63, 3.8) is 0 Å². The van der Waals surface area contributed by atoms with Crippen LogP contribution < -0.4 is 0 Å². The molecule has 3 nitrogen and oxygen atoms in total. The predicted molar refractivity (Wildman–Crippen MR) is 59.5 cm³/mol. The molecule has 1 rings (SSSR count). The van der Waals surface area contributed by atoms with Gasteiger partial charge in [-0.3, -0.25) is 0 Å². The summed E-state index contributed by atoms with van der Waals surface area (Å²) in [5, 5.41) is 0. The third kappa shape index (κ3) is 4.28. The van der Waals surface area contributed by atoms with Crippen molar-refractivity contribution in [2.24, 2.45) is 0 Å². The van der Waals surface area contributed by atoms with Crippen LogP contribution in [0.5, 0.6) is 0 Å². The van der Waals surface area contributed by atoms with E-state index >= 15 is 0 Å². The summed E-state index contributed by atoms with van der Waals surface area (Å²) in [6.45, 7) is 5.71. The fourth-order valence-corrected chi connectivity index (χ4v) is 0.851. The Balaban J connectivity index is 0.000000921. The molecule has 0 N–H and O–H groups in total. The quantitative estimate of drug-likeness (QED) is 0.521. The maximum absolute atomic E-state index is 11.0. The summed E-state index contributed by atoms with van der Waals surface area (Å²) < 4.78 is 4.52. The summed E-state index contributed by atoms with van der Waals surface area (Å²) in [4.78, 5) is 15.0. The van der Waals surface area contributed by atoms with Gasteiger partial charge in [0, 0.05) is 0 Å². The highest BCUT2D eigenvalue weighted by molar-refractivity contribution is 5.87. The number of carbonyl (C=O) groups is 1. The number of carbonyl (C=O) groups excluding carboxylic acids is 1. The minimum Gasteiger partial charge on any atom is -0.464 e. The third-order valence-corrected chi connectivity index (χ3v) is 1.40. The van der Waals surface area contributed by atoms with E-state index in [4.69, 9.17) is 0 Å². The Labute approximate surface area is 90.5 Å². The fourth-order valence-electron chi connectivity index (χ4n) is 0.851.